The summed E-state index contributed by atoms with van der Waals surface area (Å²) in [4.78, 5) is 11.8. The van der Waals surface area contributed by atoms with Crippen LogP contribution in [-0.4, -0.2) is 37.7 Å². The maximum Gasteiger partial charge on any atom is 0.237 e. The minimum absolute atomic E-state index is 0.0723. The Bertz CT molecular complexity index is 232. The van der Waals surface area contributed by atoms with Gasteiger partial charge in [-0.1, -0.05) is 27.2 Å². The Hall–Kier alpha value is -0.610. The van der Waals surface area contributed by atoms with Crippen LogP contribution in [0.1, 0.15) is 53.9 Å². The molecule has 0 aromatic heterocycles. The summed E-state index contributed by atoms with van der Waals surface area (Å²) in [5.41, 5.74) is 0. The summed E-state index contributed by atoms with van der Waals surface area (Å²) in [6.45, 7) is 12.6. The van der Waals surface area contributed by atoms with E-state index < -0.39 is 0 Å². The van der Waals surface area contributed by atoms with Crippen LogP contribution in [0, 0.1) is 5.92 Å². The van der Waals surface area contributed by atoms with E-state index in [1.807, 2.05) is 13.8 Å². The van der Waals surface area contributed by atoms with Gasteiger partial charge in [0.05, 0.1) is 12.6 Å². The Morgan fingerprint density at radius 1 is 1.11 bits per heavy atom. The van der Waals surface area contributed by atoms with Gasteiger partial charge in [0.15, 0.2) is 0 Å². The van der Waals surface area contributed by atoms with E-state index in [1.165, 1.54) is 0 Å². The molecule has 0 heterocycles. The summed E-state index contributed by atoms with van der Waals surface area (Å²) in [5.74, 6) is 0.751. The highest BCUT2D eigenvalue weighted by Gasteiger charge is 2.13. The molecule has 2 unspecified atom stereocenters. The van der Waals surface area contributed by atoms with Gasteiger partial charge in [-0.2, -0.15) is 0 Å². The van der Waals surface area contributed by atoms with Gasteiger partial charge in [-0.05, 0) is 32.6 Å². The Morgan fingerprint density at radius 3 is 2.37 bits per heavy atom. The molecule has 4 nitrogen and oxygen atoms in total. The molecule has 4 heteroatoms. The molecular weight excluding hydrogens is 240 g/mol. The fourth-order valence-corrected chi connectivity index (χ4v) is 1.73. The summed E-state index contributed by atoms with van der Waals surface area (Å²) in [7, 11) is 0. The first-order valence-corrected chi connectivity index (χ1v) is 7.58. The van der Waals surface area contributed by atoms with Crippen LogP contribution in [0.2, 0.25) is 0 Å². The number of carbonyl (C=O) groups is 1. The molecule has 2 atom stereocenters. The Balaban J connectivity index is 3.56. The van der Waals surface area contributed by atoms with Gasteiger partial charge >= 0.3 is 0 Å². The second-order valence-electron chi connectivity index (χ2n) is 5.67. The number of hydrogen-bond acceptors (Lipinski definition) is 3. The standard InChI is InChI=1S/C15H32N2O2/c1-6-7-13(4)17-15(18)14(5)16-9-11-19-10-8-12(2)3/h12-14,16H,6-11H2,1-5H3,(H,17,18). The minimum Gasteiger partial charge on any atom is -0.380 e. The first-order chi connectivity index (χ1) is 8.97. The van der Waals surface area contributed by atoms with Crippen LogP contribution in [0.5, 0.6) is 0 Å². The van der Waals surface area contributed by atoms with Crippen LogP contribution in [0.25, 0.3) is 0 Å². The van der Waals surface area contributed by atoms with Crippen molar-refractivity contribution in [3.63, 3.8) is 0 Å². The second-order valence-corrected chi connectivity index (χ2v) is 5.67. The zero-order chi connectivity index (χ0) is 14.7. The summed E-state index contributed by atoms with van der Waals surface area (Å²) < 4.78 is 5.50. The van der Waals surface area contributed by atoms with Gasteiger partial charge in [-0.15, -0.1) is 0 Å². The number of hydrogen-bond donors (Lipinski definition) is 2. The van der Waals surface area contributed by atoms with Gasteiger partial charge < -0.3 is 15.4 Å². The molecule has 0 saturated heterocycles. The van der Waals surface area contributed by atoms with Crippen molar-refractivity contribution in [2.75, 3.05) is 19.8 Å². The van der Waals surface area contributed by atoms with Gasteiger partial charge in [0.25, 0.3) is 0 Å². The molecular formula is C15H32N2O2. The maximum absolute atomic E-state index is 11.8. The quantitative estimate of drug-likeness (QED) is 0.568. The molecule has 0 saturated carbocycles. The van der Waals surface area contributed by atoms with Crippen LogP contribution in [0.3, 0.4) is 0 Å². The first-order valence-electron chi connectivity index (χ1n) is 7.58. The largest absolute Gasteiger partial charge is 0.380 e. The predicted molar refractivity (Wildman–Crippen MR) is 80.3 cm³/mol. The monoisotopic (exact) mass is 272 g/mol. The van der Waals surface area contributed by atoms with E-state index in [0.717, 1.165) is 32.4 Å². The predicted octanol–water partition coefficient (Wildman–Crippen LogP) is 2.33. The molecule has 0 aliphatic carbocycles. The molecule has 1 amide bonds. The van der Waals surface area contributed by atoms with Crippen molar-refractivity contribution in [1.29, 1.82) is 0 Å². The molecule has 0 aromatic rings. The van der Waals surface area contributed by atoms with Crippen molar-refractivity contribution in [3.05, 3.63) is 0 Å². The van der Waals surface area contributed by atoms with Crippen LogP contribution < -0.4 is 10.6 Å². The lowest BCUT2D eigenvalue weighted by atomic mass is 10.1. The molecule has 114 valence electrons. The van der Waals surface area contributed by atoms with Gasteiger partial charge in [0.1, 0.15) is 0 Å². The summed E-state index contributed by atoms with van der Waals surface area (Å²) in [6, 6.07) is 0.0945. The summed E-state index contributed by atoms with van der Waals surface area (Å²) in [6.07, 6.45) is 3.20. The Morgan fingerprint density at radius 2 is 1.79 bits per heavy atom. The topological polar surface area (TPSA) is 50.4 Å². The van der Waals surface area contributed by atoms with Crippen LogP contribution >= 0.6 is 0 Å². The molecule has 2 N–H and O–H groups in total. The SMILES string of the molecule is CCCC(C)NC(=O)C(C)NCCOCCC(C)C. The number of rotatable bonds is 11. The fourth-order valence-electron chi connectivity index (χ4n) is 1.73. The van der Waals surface area contributed by atoms with Crippen molar-refractivity contribution in [3.8, 4) is 0 Å². The molecule has 0 fully saturated rings. The zero-order valence-electron chi connectivity index (χ0n) is 13.3. The van der Waals surface area contributed by atoms with E-state index >= 15 is 0 Å². The van der Waals surface area contributed by atoms with Crippen LogP contribution in [0.4, 0.5) is 0 Å². The van der Waals surface area contributed by atoms with Gasteiger partial charge in [-0.3, -0.25) is 4.79 Å². The van der Waals surface area contributed by atoms with E-state index in [-0.39, 0.29) is 18.0 Å². The highest BCUT2D eigenvalue weighted by atomic mass is 16.5. The van der Waals surface area contributed by atoms with Crippen LogP contribution in [-0.2, 0) is 9.53 Å². The number of nitrogens with one attached hydrogen (secondary N) is 2. The summed E-state index contributed by atoms with van der Waals surface area (Å²) >= 11 is 0. The highest BCUT2D eigenvalue weighted by Crippen LogP contribution is 1.98. The third-order valence-corrected chi connectivity index (χ3v) is 3.04. The normalized spacial score (nSPS) is 14.4. The molecule has 0 rings (SSSR count). The zero-order valence-corrected chi connectivity index (χ0v) is 13.3. The lowest BCUT2D eigenvalue weighted by Crippen LogP contribution is -2.46. The van der Waals surface area contributed by atoms with Gasteiger partial charge in [0.2, 0.25) is 5.91 Å². The first kappa shape index (κ1) is 18.4. The van der Waals surface area contributed by atoms with Crippen molar-refractivity contribution in [2.45, 2.75) is 66.0 Å². The van der Waals surface area contributed by atoms with Crippen molar-refractivity contribution in [2.24, 2.45) is 5.92 Å². The Labute approximate surface area is 118 Å². The molecule has 0 aliphatic heterocycles. The average Bonchev–Trinajstić information content (AvgIpc) is 2.33. The molecule has 0 aliphatic rings. The van der Waals surface area contributed by atoms with E-state index in [4.69, 9.17) is 4.74 Å². The van der Waals surface area contributed by atoms with Crippen molar-refractivity contribution >= 4 is 5.91 Å². The minimum atomic E-state index is -0.159. The molecule has 0 radical (unpaired) electrons. The third-order valence-electron chi connectivity index (χ3n) is 3.04. The van der Waals surface area contributed by atoms with Gasteiger partial charge in [-0.25, -0.2) is 0 Å². The van der Waals surface area contributed by atoms with Crippen LogP contribution in [0.15, 0.2) is 0 Å². The van der Waals surface area contributed by atoms with E-state index in [9.17, 15) is 4.79 Å². The number of carbonyl (C=O) groups excluding carboxylic acids is 1. The lowest BCUT2D eigenvalue weighted by Gasteiger charge is -2.18. The molecule has 0 aromatic carbocycles. The third kappa shape index (κ3) is 11.0. The van der Waals surface area contributed by atoms with Crippen molar-refractivity contribution < 1.29 is 9.53 Å². The van der Waals surface area contributed by atoms with E-state index in [1.54, 1.807) is 0 Å². The highest BCUT2D eigenvalue weighted by molar-refractivity contribution is 5.81. The molecule has 0 bridgehead atoms. The Kier molecular flexibility index (Phi) is 10.9. The van der Waals surface area contributed by atoms with Gasteiger partial charge in [0, 0.05) is 19.2 Å². The summed E-state index contributed by atoms with van der Waals surface area (Å²) in [5, 5.41) is 6.19. The van der Waals surface area contributed by atoms with E-state index in [0.29, 0.717) is 12.5 Å². The number of amides is 1. The molecule has 19 heavy (non-hydrogen) atoms. The maximum atomic E-state index is 11.8. The van der Waals surface area contributed by atoms with Crippen molar-refractivity contribution in [1.82, 2.24) is 10.6 Å². The van der Waals surface area contributed by atoms with E-state index in [2.05, 4.69) is 31.4 Å². The number of ether oxygens (including phenoxy) is 1. The smallest absolute Gasteiger partial charge is 0.237 e. The molecule has 0 spiro atoms. The average molecular weight is 272 g/mol. The lowest BCUT2D eigenvalue weighted by molar-refractivity contribution is -0.123. The second kappa shape index (κ2) is 11.2. The fraction of sp³-hybridized carbons (Fsp3) is 0.933.